The maximum Gasteiger partial charge on any atom is 0.427 e. The zero-order valence-corrected chi connectivity index (χ0v) is 26.2. The summed E-state index contributed by atoms with van der Waals surface area (Å²) in [5, 5.41) is 4.76. The van der Waals surface area contributed by atoms with Crippen molar-refractivity contribution < 1.29 is 53.5 Å². The SMILES string of the molecule is CCS(=O)(=O)c1ccc(C(=O)NC[C@H]2CN(S(=O)(=O)c3ccc(F)cc3)c3cc(NC(=O)OC(C)(C)C(F)(F)F)ccc3O2)cc1. The average molecular weight is 688 g/mol. The van der Waals surface area contributed by atoms with Gasteiger partial charge in [0, 0.05) is 11.3 Å². The molecule has 0 spiro atoms. The van der Waals surface area contributed by atoms with Crippen LogP contribution in [0, 0.1) is 5.82 Å². The van der Waals surface area contributed by atoms with Crippen LogP contribution in [0.2, 0.25) is 0 Å². The Kier molecular flexibility index (Phi) is 9.59. The highest BCUT2D eigenvalue weighted by atomic mass is 32.2. The number of ether oxygens (including phenoxy) is 2. The summed E-state index contributed by atoms with van der Waals surface area (Å²) in [6, 6.07) is 12.9. The fourth-order valence-electron chi connectivity index (χ4n) is 4.18. The average Bonchev–Trinajstić information content (AvgIpc) is 2.98. The molecule has 0 unspecified atom stereocenters. The van der Waals surface area contributed by atoms with E-state index in [0.29, 0.717) is 13.8 Å². The molecule has 1 aliphatic rings. The van der Waals surface area contributed by atoms with Gasteiger partial charge in [-0.25, -0.2) is 26.0 Å². The van der Waals surface area contributed by atoms with Gasteiger partial charge in [0.05, 0.1) is 34.3 Å². The smallest absolute Gasteiger partial charge is 0.427 e. The summed E-state index contributed by atoms with van der Waals surface area (Å²) in [4.78, 5) is 24.8. The Morgan fingerprint density at radius 1 is 0.957 bits per heavy atom. The first-order chi connectivity index (χ1) is 21.3. The number of nitrogens with zero attached hydrogens (tertiary/aromatic N) is 1. The monoisotopic (exact) mass is 687 g/mol. The molecule has 0 radical (unpaired) electrons. The molecule has 0 aliphatic carbocycles. The second kappa shape index (κ2) is 12.8. The lowest BCUT2D eigenvalue weighted by Gasteiger charge is -2.36. The summed E-state index contributed by atoms with van der Waals surface area (Å²) in [6.07, 6.45) is -7.28. The Morgan fingerprint density at radius 3 is 2.15 bits per heavy atom. The van der Waals surface area contributed by atoms with Crippen molar-refractivity contribution >= 4 is 43.2 Å². The molecule has 0 fully saturated rings. The minimum absolute atomic E-state index is 0.0140. The molecule has 17 heteroatoms. The van der Waals surface area contributed by atoms with Gasteiger partial charge in [-0.15, -0.1) is 0 Å². The highest BCUT2D eigenvalue weighted by molar-refractivity contribution is 7.93. The van der Waals surface area contributed by atoms with Crippen LogP contribution in [-0.4, -0.2) is 65.6 Å². The van der Waals surface area contributed by atoms with Crippen molar-refractivity contribution in [2.45, 2.75) is 48.4 Å². The summed E-state index contributed by atoms with van der Waals surface area (Å²) in [5.41, 5.74) is -2.91. The first-order valence-electron chi connectivity index (χ1n) is 13.6. The number of alkyl halides is 3. The van der Waals surface area contributed by atoms with E-state index in [4.69, 9.17) is 4.74 Å². The summed E-state index contributed by atoms with van der Waals surface area (Å²) in [6.45, 7) is 2.23. The maximum atomic E-state index is 13.7. The molecule has 0 bridgehead atoms. The van der Waals surface area contributed by atoms with Crippen LogP contribution < -0.4 is 19.7 Å². The van der Waals surface area contributed by atoms with Crippen LogP contribution in [0.5, 0.6) is 5.75 Å². The second-order valence-corrected chi connectivity index (χ2v) is 14.7. The van der Waals surface area contributed by atoms with E-state index in [1.807, 2.05) is 0 Å². The van der Waals surface area contributed by atoms with Crippen LogP contribution in [0.25, 0.3) is 0 Å². The standard InChI is InChI=1S/C29H29F4N3O8S2/c1-4-45(39,40)22-10-5-18(6-11-22)26(37)34-16-21-17-36(46(41,42)23-12-7-19(30)8-13-23)24-15-20(9-14-25(24)43-21)35-27(38)44-28(2,3)29(31,32)33/h5-15,21H,4,16-17H2,1-3H3,(H,34,37)(H,35,38)/t21-/m0/s1. The van der Waals surface area contributed by atoms with Crippen LogP contribution >= 0.6 is 0 Å². The number of carbonyl (C=O) groups is 2. The van der Waals surface area contributed by atoms with Gasteiger partial charge in [-0.2, -0.15) is 13.2 Å². The highest BCUT2D eigenvalue weighted by Crippen LogP contribution is 2.39. The van der Waals surface area contributed by atoms with Gasteiger partial charge in [0.25, 0.3) is 15.9 Å². The predicted molar refractivity (Wildman–Crippen MR) is 159 cm³/mol. The second-order valence-electron chi connectivity index (χ2n) is 10.6. The van der Waals surface area contributed by atoms with Gasteiger partial charge < -0.3 is 14.8 Å². The molecule has 1 heterocycles. The van der Waals surface area contributed by atoms with Crippen LogP contribution in [0.15, 0.2) is 76.5 Å². The number of anilines is 2. The molecule has 46 heavy (non-hydrogen) atoms. The molecular formula is C29H29F4N3O8S2. The van der Waals surface area contributed by atoms with Crippen molar-refractivity contribution in [1.82, 2.24) is 5.32 Å². The number of fused-ring (bicyclic) bond motifs is 1. The number of sulfone groups is 1. The number of rotatable bonds is 9. The molecule has 0 saturated heterocycles. The summed E-state index contributed by atoms with van der Waals surface area (Å²) >= 11 is 0. The largest absolute Gasteiger partial charge is 0.484 e. The lowest BCUT2D eigenvalue weighted by atomic mass is 10.1. The molecule has 4 rings (SSSR count). The molecule has 11 nitrogen and oxygen atoms in total. The normalized spacial score (nSPS) is 15.4. The summed E-state index contributed by atoms with van der Waals surface area (Å²) in [5.74, 6) is -1.41. The molecule has 3 aromatic rings. The van der Waals surface area contributed by atoms with Gasteiger partial charge in [-0.05, 0) is 80.6 Å². The van der Waals surface area contributed by atoms with Crippen molar-refractivity contribution in [2.24, 2.45) is 0 Å². The van der Waals surface area contributed by atoms with Crippen molar-refractivity contribution in [3.63, 3.8) is 0 Å². The van der Waals surface area contributed by atoms with Crippen LogP contribution in [0.3, 0.4) is 0 Å². The molecule has 3 aromatic carbocycles. The zero-order chi connectivity index (χ0) is 34.1. The Balaban J connectivity index is 1.58. The number of amides is 2. The Labute approximate surface area is 262 Å². The van der Waals surface area contributed by atoms with E-state index in [1.165, 1.54) is 43.3 Å². The van der Waals surface area contributed by atoms with Crippen LogP contribution in [0.1, 0.15) is 31.1 Å². The van der Waals surface area contributed by atoms with Gasteiger partial charge in [-0.3, -0.25) is 14.4 Å². The minimum atomic E-state index is -4.86. The molecule has 1 aliphatic heterocycles. The number of nitrogens with one attached hydrogen (secondary N) is 2. The molecule has 0 saturated carbocycles. The van der Waals surface area contributed by atoms with E-state index in [2.05, 4.69) is 15.4 Å². The quantitative estimate of drug-likeness (QED) is 0.302. The van der Waals surface area contributed by atoms with E-state index >= 15 is 0 Å². The number of carbonyl (C=O) groups excluding carboxylic acids is 2. The van der Waals surface area contributed by atoms with Crippen molar-refractivity contribution in [3.05, 3.63) is 78.1 Å². The van der Waals surface area contributed by atoms with Gasteiger partial charge >= 0.3 is 12.3 Å². The highest BCUT2D eigenvalue weighted by Gasteiger charge is 2.51. The predicted octanol–water partition coefficient (Wildman–Crippen LogP) is 4.90. The van der Waals surface area contributed by atoms with Gasteiger partial charge in [0.2, 0.25) is 5.60 Å². The van der Waals surface area contributed by atoms with Crippen molar-refractivity contribution in [3.8, 4) is 5.75 Å². The van der Waals surface area contributed by atoms with E-state index in [-0.39, 0.29) is 51.3 Å². The van der Waals surface area contributed by atoms with Gasteiger partial charge in [-0.1, -0.05) is 6.92 Å². The number of sulfonamides is 1. The summed E-state index contributed by atoms with van der Waals surface area (Å²) < 4.78 is 116. The van der Waals surface area contributed by atoms with E-state index < -0.39 is 55.6 Å². The number of benzene rings is 3. The van der Waals surface area contributed by atoms with E-state index in [1.54, 1.807) is 0 Å². The number of halogens is 4. The molecule has 0 aromatic heterocycles. The summed E-state index contributed by atoms with van der Waals surface area (Å²) in [7, 11) is -7.88. The minimum Gasteiger partial charge on any atom is -0.484 e. The third-order valence-corrected chi connectivity index (χ3v) is 10.5. The number of hydrogen-bond donors (Lipinski definition) is 2. The Hall–Kier alpha value is -4.38. The molecule has 1 atom stereocenters. The van der Waals surface area contributed by atoms with Crippen molar-refractivity contribution in [2.75, 3.05) is 28.5 Å². The van der Waals surface area contributed by atoms with E-state index in [0.717, 1.165) is 34.6 Å². The third kappa shape index (κ3) is 7.52. The van der Waals surface area contributed by atoms with Gasteiger partial charge in [0.1, 0.15) is 17.7 Å². The lowest BCUT2D eigenvalue weighted by molar-refractivity contribution is -0.242. The Morgan fingerprint density at radius 2 is 1.57 bits per heavy atom. The fraction of sp³-hybridized carbons (Fsp3) is 0.310. The van der Waals surface area contributed by atoms with Crippen LogP contribution in [-0.2, 0) is 24.6 Å². The third-order valence-electron chi connectivity index (χ3n) is 6.92. The lowest BCUT2D eigenvalue weighted by Crippen LogP contribution is -2.48. The van der Waals surface area contributed by atoms with Gasteiger partial charge in [0.15, 0.2) is 9.84 Å². The molecule has 248 valence electrons. The molecular weight excluding hydrogens is 658 g/mol. The zero-order valence-electron chi connectivity index (χ0n) is 24.6. The first-order valence-corrected chi connectivity index (χ1v) is 16.7. The first kappa shape index (κ1) is 34.5. The molecule has 2 amide bonds. The van der Waals surface area contributed by atoms with Crippen LogP contribution in [0.4, 0.5) is 33.7 Å². The Bertz CT molecular complexity index is 1830. The van der Waals surface area contributed by atoms with Crippen molar-refractivity contribution in [1.29, 1.82) is 0 Å². The maximum absolute atomic E-state index is 13.7. The number of hydrogen-bond acceptors (Lipinski definition) is 8. The molecule has 2 N–H and O–H groups in total. The fourth-order valence-corrected chi connectivity index (χ4v) is 6.56. The van der Waals surface area contributed by atoms with E-state index in [9.17, 15) is 44.0 Å². The topological polar surface area (TPSA) is 148 Å².